The number of carbonyl (C=O) groups excluding carboxylic acids is 3. The van der Waals surface area contributed by atoms with Crippen molar-refractivity contribution in [2.75, 3.05) is 16.0 Å². The molecule has 6 rings (SSSR count). The average Bonchev–Trinajstić information content (AvgIpc) is 2.90. The van der Waals surface area contributed by atoms with Gasteiger partial charge in [0.05, 0.1) is 17.3 Å². The van der Waals surface area contributed by atoms with Crippen molar-refractivity contribution in [3.05, 3.63) is 91.0 Å². The fourth-order valence-corrected chi connectivity index (χ4v) is 5.85. The van der Waals surface area contributed by atoms with E-state index in [2.05, 4.69) is 16.0 Å². The van der Waals surface area contributed by atoms with Crippen molar-refractivity contribution in [3.63, 3.8) is 0 Å². The zero-order valence-electron chi connectivity index (χ0n) is 19.4. The summed E-state index contributed by atoms with van der Waals surface area (Å²) < 4.78 is 0. The van der Waals surface area contributed by atoms with E-state index in [1.807, 2.05) is 91.0 Å². The first kappa shape index (κ1) is 22.8. The van der Waals surface area contributed by atoms with E-state index >= 15 is 0 Å². The summed E-state index contributed by atoms with van der Waals surface area (Å²) in [5.41, 5.74) is 1.07. The number of amides is 3. The second-order valence-corrected chi connectivity index (χ2v) is 9.53. The topological polar surface area (TPSA) is 87.3 Å². The number of fused-ring (bicyclic) bond motifs is 3. The van der Waals surface area contributed by atoms with E-state index < -0.39 is 17.3 Å². The Labute approximate surface area is 205 Å². The van der Waals surface area contributed by atoms with E-state index in [9.17, 15) is 14.4 Å². The molecule has 178 valence electrons. The first-order chi connectivity index (χ1) is 17.1. The van der Waals surface area contributed by atoms with Crippen LogP contribution in [0, 0.1) is 23.2 Å². The Balaban J connectivity index is 1.49. The van der Waals surface area contributed by atoms with E-state index in [0.717, 1.165) is 12.8 Å². The van der Waals surface area contributed by atoms with Gasteiger partial charge in [-0.2, -0.15) is 0 Å². The maximum absolute atomic E-state index is 13.8. The highest BCUT2D eigenvalue weighted by Crippen LogP contribution is 2.57. The molecular weight excluding hydrogens is 438 g/mol. The Morgan fingerprint density at radius 1 is 0.600 bits per heavy atom. The number of rotatable bonds is 6. The van der Waals surface area contributed by atoms with Gasteiger partial charge in [0.1, 0.15) is 0 Å². The first-order valence-corrected chi connectivity index (χ1v) is 12.2. The van der Waals surface area contributed by atoms with Crippen molar-refractivity contribution in [3.8, 4) is 0 Å². The van der Waals surface area contributed by atoms with Crippen LogP contribution in [0.15, 0.2) is 91.0 Å². The van der Waals surface area contributed by atoms with Crippen LogP contribution < -0.4 is 16.0 Å². The van der Waals surface area contributed by atoms with Crippen LogP contribution in [-0.2, 0) is 14.4 Å². The van der Waals surface area contributed by atoms with E-state index in [1.54, 1.807) is 0 Å². The molecule has 2 atom stereocenters. The monoisotopic (exact) mass is 467 g/mol. The van der Waals surface area contributed by atoms with Gasteiger partial charge in [0.2, 0.25) is 17.7 Å². The number of anilines is 3. The van der Waals surface area contributed by atoms with Gasteiger partial charge >= 0.3 is 0 Å². The molecule has 0 aliphatic heterocycles. The van der Waals surface area contributed by atoms with E-state index in [-0.39, 0.29) is 23.6 Å². The smallest absolute Gasteiger partial charge is 0.231 e. The molecule has 3 fully saturated rings. The largest absolute Gasteiger partial charge is 0.326 e. The van der Waals surface area contributed by atoms with Gasteiger partial charge in [0.15, 0.2) is 0 Å². The molecule has 3 amide bonds. The second-order valence-electron chi connectivity index (χ2n) is 9.53. The number of para-hydroxylation sites is 3. The summed E-state index contributed by atoms with van der Waals surface area (Å²) in [4.78, 5) is 41.3. The third-order valence-electron chi connectivity index (χ3n) is 7.54. The van der Waals surface area contributed by atoms with Crippen molar-refractivity contribution >= 4 is 34.8 Å². The maximum atomic E-state index is 13.8. The Bertz CT molecular complexity index is 1190. The van der Waals surface area contributed by atoms with Crippen LogP contribution in [0.1, 0.15) is 25.7 Å². The summed E-state index contributed by atoms with van der Waals surface area (Å²) in [5, 5.41) is 9.03. The molecule has 6 nitrogen and oxygen atoms in total. The predicted octanol–water partition coefficient (Wildman–Crippen LogP) is 5.33. The molecule has 3 aliphatic carbocycles. The molecule has 0 aromatic heterocycles. The summed E-state index contributed by atoms with van der Waals surface area (Å²) in [6.07, 6.45) is 2.64. The molecule has 3 aromatic rings. The number of nitrogens with one attached hydrogen (secondary N) is 3. The molecule has 3 saturated carbocycles. The Morgan fingerprint density at radius 2 is 1.03 bits per heavy atom. The minimum absolute atomic E-state index is 0.0524. The zero-order chi connectivity index (χ0) is 24.3. The third-order valence-corrected chi connectivity index (χ3v) is 7.54. The lowest BCUT2D eigenvalue weighted by atomic mass is 9.49. The summed E-state index contributed by atoms with van der Waals surface area (Å²) in [6, 6.07) is 27.7. The SMILES string of the molecule is O=C(Nc1ccccc1)C1C2CCC(C(=O)Nc3ccccc3)(CC2)C1C(=O)Nc1ccccc1. The van der Waals surface area contributed by atoms with E-state index in [4.69, 9.17) is 0 Å². The quantitative estimate of drug-likeness (QED) is 0.458. The molecule has 0 radical (unpaired) electrons. The van der Waals surface area contributed by atoms with Crippen LogP contribution in [0.3, 0.4) is 0 Å². The molecule has 3 aliphatic rings. The number of carbonyl (C=O) groups is 3. The molecule has 3 N–H and O–H groups in total. The van der Waals surface area contributed by atoms with Crippen molar-refractivity contribution < 1.29 is 14.4 Å². The van der Waals surface area contributed by atoms with Gasteiger partial charge in [-0.1, -0.05) is 54.6 Å². The van der Waals surface area contributed by atoms with Gasteiger partial charge < -0.3 is 16.0 Å². The average molecular weight is 468 g/mol. The first-order valence-electron chi connectivity index (χ1n) is 12.2. The summed E-state index contributed by atoms with van der Waals surface area (Å²) in [5.74, 6) is -1.99. The van der Waals surface area contributed by atoms with Crippen LogP contribution >= 0.6 is 0 Å². The van der Waals surface area contributed by atoms with Gasteiger partial charge in [0.25, 0.3) is 0 Å². The van der Waals surface area contributed by atoms with Crippen molar-refractivity contribution in [1.82, 2.24) is 0 Å². The van der Waals surface area contributed by atoms with Gasteiger partial charge in [0, 0.05) is 17.1 Å². The van der Waals surface area contributed by atoms with Crippen LogP contribution in [-0.4, -0.2) is 17.7 Å². The van der Waals surface area contributed by atoms with Crippen molar-refractivity contribution in [1.29, 1.82) is 0 Å². The van der Waals surface area contributed by atoms with Gasteiger partial charge in [-0.05, 0) is 68.0 Å². The summed E-state index contributed by atoms with van der Waals surface area (Å²) in [7, 11) is 0. The zero-order valence-corrected chi connectivity index (χ0v) is 19.4. The van der Waals surface area contributed by atoms with Crippen molar-refractivity contribution in [2.24, 2.45) is 23.2 Å². The maximum Gasteiger partial charge on any atom is 0.231 e. The molecule has 0 heterocycles. The molecule has 3 aromatic carbocycles. The molecule has 6 heteroatoms. The number of hydrogen-bond donors (Lipinski definition) is 3. The molecule has 2 bridgehead atoms. The lowest BCUT2D eigenvalue weighted by molar-refractivity contribution is -0.158. The highest BCUT2D eigenvalue weighted by molar-refractivity contribution is 6.06. The summed E-state index contributed by atoms with van der Waals surface area (Å²) >= 11 is 0. The highest BCUT2D eigenvalue weighted by Gasteiger charge is 2.61. The highest BCUT2D eigenvalue weighted by atomic mass is 16.2. The Hall–Kier alpha value is -3.93. The molecule has 35 heavy (non-hydrogen) atoms. The molecule has 2 unspecified atom stereocenters. The van der Waals surface area contributed by atoms with Gasteiger partial charge in [-0.3, -0.25) is 14.4 Å². The van der Waals surface area contributed by atoms with Gasteiger partial charge in [-0.15, -0.1) is 0 Å². The predicted molar refractivity (Wildman–Crippen MR) is 137 cm³/mol. The van der Waals surface area contributed by atoms with Crippen molar-refractivity contribution in [2.45, 2.75) is 25.7 Å². The Morgan fingerprint density at radius 3 is 1.51 bits per heavy atom. The van der Waals surface area contributed by atoms with Crippen LogP contribution in [0.2, 0.25) is 0 Å². The molecule has 0 saturated heterocycles. The standard InChI is InChI=1S/C29H29N3O3/c33-26(30-21-10-4-1-5-11-21)24-20-16-18-29(19-17-20,28(35)32-23-14-8-3-9-15-23)25(24)27(34)31-22-12-6-2-7-13-22/h1-15,20,24-25H,16-19H2,(H,30,33)(H,31,34)(H,32,35). The minimum atomic E-state index is -0.956. The number of benzene rings is 3. The second kappa shape index (κ2) is 9.74. The van der Waals surface area contributed by atoms with E-state index in [1.165, 1.54) is 0 Å². The van der Waals surface area contributed by atoms with Crippen LogP contribution in [0.5, 0.6) is 0 Å². The van der Waals surface area contributed by atoms with Crippen LogP contribution in [0.4, 0.5) is 17.1 Å². The molecular formula is C29H29N3O3. The lowest BCUT2D eigenvalue weighted by Gasteiger charge is -2.53. The Kier molecular flexibility index (Phi) is 6.36. The molecule has 0 spiro atoms. The number of hydrogen-bond acceptors (Lipinski definition) is 3. The third kappa shape index (κ3) is 4.56. The fraction of sp³-hybridized carbons (Fsp3) is 0.276. The minimum Gasteiger partial charge on any atom is -0.326 e. The van der Waals surface area contributed by atoms with E-state index in [0.29, 0.717) is 29.9 Å². The van der Waals surface area contributed by atoms with Gasteiger partial charge in [-0.25, -0.2) is 0 Å². The normalized spacial score (nSPS) is 24.9. The fourth-order valence-electron chi connectivity index (χ4n) is 5.85. The van der Waals surface area contributed by atoms with Crippen LogP contribution in [0.25, 0.3) is 0 Å². The summed E-state index contributed by atoms with van der Waals surface area (Å²) in [6.45, 7) is 0. The lowest BCUT2D eigenvalue weighted by Crippen LogP contribution is -2.60.